The fraction of sp³-hybridized carbons (Fsp3) is 0.350. The van der Waals surface area contributed by atoms with Gasteiger partial charge in [-0.3, -0.25) is 4.57 Å². The third-order valence-corrected chi connectivity index (χ3v) is 4.89. The molecule has 1 fully saturated rings. The third-order valence-electron chi connectivity index (χ3n) is 4.89. The molecule has 2 aliphatic rings. The van der Waals surface area contributed by atoms with Gasteiger partial charge in [-0.15, -0.1) is 0 Å². The summed E-state index contributed by atoms with van der Waals surface area (Å²) in [6.45, 7) is 3.61. The topological polar surface area (TPSA) is 102 Å². The van der Waals surface area contributed by atoms with E-state index < -0.39 is 23.1 Å². The van der Waals surface area contributed by atoms with Crippen LogP contribution in [0.25, 0.3) is 0 Å². The van der Waals surface area contributed by atoms with Crippen molar-refractivity contribution in [3.63, 3.8) is 0 Å². The van der Waals surface area contributed by atoms with Crippen molar-refractivity contribution in [1.82, 2.24) is 14.9 Å². The van der Waals surface area contributed by atoms with Crippen LogP contribution >= 0.6 is 0 Å². The number of halogens is 2. The Morgan fingerprint density at radius 3 is 2.87 bits per heavy atom. The van der Waals surface area contributed by atoms with Gasteiger partial charge in [0.1, 0.15) is 19.2 Å². The molecule has 3 heterocycles. The van der Waals surface area contributed by atoms with Crippen LogP contribution in [-0.4, -0.2) is 41.7 Å². The van der Waals surface area contributed by atoms with Gasteiger partial charge in [-0.05, 0) is 24.6 Å². The van der Waals surface area contributed by atoms with Gasteiger partial charge in [-0.25, -0.2) is 13.6 Å². The van der Waals surface area contributed by atoms with Gasteiger partial charge < -0.3 is 29.8 Å². The molecule has 31 heavy (non-hydrogen) atoms. The standard InChI is InChI=1S/C20H21F2N5O4/c1-2-24-7-14(6-23)31-19-15(21)3-12(4-16(19)22)9-30-17-5-18-26(20(28)25-17)8-13-10-29-11-27(13)18/h3-7,13,23-24H,2,8-11H2,1H3/b14-7+,23-6?. The number of ether oxygens (including phenoxy) is 3. The van der Waals surface area contributed by atoms with Crippen molar-refractivity contribution >= 4 is 12.0 Å². The maximum atomic E-state index is 14.4. The molecule has 164 valence electrons. The average Bonchev–Trinajstić information content (AvgIpc) is 3.34. The summed E-state index contributed by atoms with van der Waals surface area (Å²) in [5.74, 6) is -1.85. The molecule has 1 saturated heterocycles. The van der Waals surface area contributed by atoms with Crippen molar-refractivity contribution in [1.29, 1.82) is 5.41 Å². The molecule has 9 nitrogen and oxygen atoms in total. The molecule has 2 aromatic rings. The maximum Gasteiger partial charge on any atom is 0.352 e. The summed E-state index contributed by atoms with van der Waals surface area (Å²) in [7, 11) is 0. The summed E-state index contributed by atoms with van der Waals surface area (Å²) >= 11 is 0. The van der Waals surface area contributed by atoms with Gasteiger partial charge in [-0.2, -0.15) is 4.98 Å². The lowest BCUT2D eigenvalue weighted by atomic mass is 10.2. The number of nitrogens with zero attached hydrogens (tertiary/aromatic N) is 3. The highest BCUT2D eigenvalue weighted by Gasteiger charge is 2.35. The Balaban J connectivity index is 1.49. The van der Waals surface area contributed by atoms with Crippen LogP contribution in [0.15, 0.2) is 35.0 Å². The number of anilines is 1. The summed E-state index contributed by atoms with van der Waals surface area (Å²) in [4.78, 5) is 18.1. The zero-order chi connectivity index (χ0) is 22.0. The smallest absolute Gasteiger partial charge is 0.352 e. The molecule has 11 heteroatoms. The lowest BCUT2D eigenvalue weighted by molar-refractivity contribution is 0.189. The number of hydrogen-bond acceptors (Lipinski definition) is 8. The molecule has 0 spiro atoms. The quantitative estimate of drug-likeness (QED) is 0.483. The number of fused-ring (bicyclic) bond motifs is 3. The molecule has 4 rings (SSSR count). The first-order chi connectivity index (χ1) is 15.0. The van der Waals surface area contributed by atoms with E-state index in [1.54, 1.807) is 10.6 Å². The monoisotopic (exact) mass is 433 g/mol. The molecule has 0 aliphatic carbocycles. The Labute approximate surface area is 176 Å². The second kappa shape index (κ2) is 8.72. The van der Waals surface area contributed by atoms with Crippen molar-refractivity contribution in [2.45, 2.75) is 26.1 Å². The molecule has 2 N–H and O–H groups in total. The minimum atomic E-state index is -0.943. The third kappa shape index (κ3) is 4.22. The van der Waals surface area contributed by atoms with E-state index in [-0.39, 0.29) is 29.9 Å². The number of aromatic nitrogens is 2. The fourth-order valence-corrected chi connectivity index (χ4v) is 3.43. The number of hydrogen-bond donors (Lipinski definition) is 2. The van der Waals surface area contributed by atoms with Crippen LogP contribution in [0.1, 0.15) is 12.5 Å². The zero-order valence-electron chi connectivity index (χ0n) is 16.7. The van der Waals surface area contributed by atoms with Gasteiger partial charge >= 0.3 is 5.69 Å². The van der Waals surface area contributed by atoms with Crippen LogP contribution in [-0.2, 0) is 17.9 Å². The first-order valence-electron chi connectivity index (χ1n) is 9.69. The van der Waals surface area contributed by atoms with E-state index in [9.17, 15) is 13.6 Å². The highest BCUT2D eigenvalue weighted by Crippen LogP contribution is 2.30. The molecule has 0 saturated carbocycles. The van der Waals surface area contributed by atoms with Gasteiger partial charge in [0.2, 0.25) is 5.88 Å². The molecular weight excluding hydrogens is 412 g/mol. The Hall–Kier alpha value is -3.47. The molecule has 1 aromatic heterocycles. The first-order valence-corrected chi connectivity index (χ1v) is 9.69. The van der Waals surface area contributed by atoms with E-state index >= 15 is 0 Å². The number of allylic oxidation sites excluding steroid dienone is 1. The van der Waals surface area contributed by atoms with Crippen LogP contribution in [0.3, 0.4) is 0 Å². The fourth-order valence-electron chi connectivity index (χ4n) is 3.43. The van der Waals surface area contributed by atoms with E-state index in [0.29, 0.717) is 32.2 Å². The summed E-state index contributed by atoms with van der Waals surface area (Å²) in [5.41, 5.74) is -0.256. The molecule has 1 atom stereocenters. The largest absolute Gasteiger partial charge is 0.473 e. The van der Waals surface area contributed by atoms with Gasteiger partial charge in [0.05, 0.1) is 25.4 Å². The van der Waals surface area contributed by atoms with Gasteiger partial charge in [0.15, 0.2) is 23.1 Å². The summed E-state index contributed by atoms with van der Waals surface area (Å²) < 4.78 is 46.5. The minimum absolute atomic E-state index is 0.0457. The van der Waals surface area contributed by atoms with E-state index in [4.69, 9.17) is 19.6 Å². The van der Waals surface area contributed by atoms with Crippen LogP contribution in [0.2, 0.25) is 0 Å². The average molecular weight is 433 g/mol. The van der Waals surface area contributed by atoms with E-state index in [2.05, 4.69) is 10.3 Å². The zero-order valence-corrected chi connectivity index (χ0v) is 16.7. The Kier molecular flexibility index (Phi) is 5.85. The van der Waals surface area contributed by atoms with Crippen molar-refractivity contribution in [2.24, 2.45) is 0 Å². The SMILES string of the molecule is CCN/C=C(\C=N)Oc1c(F)cc(COc2cc3n(c(=O)n2)CC2COCN32)cc1F. The summed E-state index contributed by atoms with van der Waals surface area (Å²) in [6, 6.07) is 3.84. The molecular formula is C20H21F2N5O4. The number of benzene rings is 1. The highest BCUT2D eigenvalue weighted by molar-refractivity contribution is 5.73. The van der Waals surface area contributed by atoms with Crippen molar-refractivity contribution in [3.8, 4) is 11.6 Å². The highest BCUT2D eigenvalue weighted by atomic mass is 19.1. The first kappa shape index (κ1) is 20.8. The second-order valence-electron chi connectivity index (χ2n) is 7.00. The predicted octanol–water partition coefficient (Wildman–Crippen LogP) is 1.76. The number of nitrogens with one attached hydrogen (secondary N) is 2. The molecule has 0 bridgehead atoms. The molecule has 2 aliphatic heterocycles. The van der Waals surface area contributed by atoms with Crippen LogP contribution in [0.4, 0.5) is 14.6 Å². The molecule has 0 amide bonds. The van der Waals surface area contributed by atoms with E-state index in [1.165, 1.54) is 6.20 Å². The van der Waals surface area contributed by atoms with Gasteiger partial charge in [0.25, 0.3) is 0 Å². The lowest BCUT2D eigenvalue weighted by Crippen LogP contribution is -2.26. The Morgan fingerprint density at radius 2 is 2.16 bits per heavy atom. The lowest BCUT2D eigenvalue weighted by Gasteiger charge is -2.15. The molecule has 1 unspecified atom stereocenters. The minimum Gasteiger partial charge on any atom is -0.473 e. The molecule has 0 radical (unpaired) electrons. The number of rotatable bonds is 8. The van der Waals surface area contributed by atoms with E-state index in [1.807, 2.05) is 11.8 Å². The van der Waals surface area contributed by atoms with Crippen LogP contribution < -0.4 is 25.4 Å². The predicted molar refractivity (Wildman–Crippen MR) is 107 cm³/mol. The van der Waals surface area contributed by atoms with Crippen LogP contribution in [0.5, 0.6) is 11.6 Å². The van der Waals surface area contributed by atoms with Crippen molar-refractivity contribution in [2.75, 3.05) is 24.8 Å². The van der Waals surface area contributed by atoms with Crippen molar-refractivity contribution < 1.29 is 23.0 Å². The maximum absolute atomic E-state index is 14.4. The normalized spacial score (nSPS) is 17.3. The summed E-state index contributed by atoms with van der Waals surface area (Å²) in [5, 5.41) is 10.1. The Morgan fingerprint density at radius 1 is 1.39 bits per heavy atom. The van der Waals surface area contributed by atoms with Gasteiger partial charge in [-0.1, -0.05) is 0 Å². The van der Waals surface area contributed by atoms with Crippen LogP contribution in [0, 0.1) is 17.0 Å². The van der Waals surface area contributed by atoms with Gasteiger partial charge in [0, 0.05) is 18.8 Å². The Bertz CT molecular complexity index is 1060. The molecule has 1 aromatic carbocycles. The second-order valence-corrected chi connectivity index (χ2v) is 7.00. The van der Waals surface area contributed by atoms with E-state index in [0.717, 1.165) is 18.3 Å². The van der Waals surface area contributed by atoms with Crippen molar-refractivity contribution in [3.05, 3.63) is 57.8 Å². The summed E-state index contributed by atoms with van der Waals surface area (Å²) in [6.07, 6.45) is 2.18.